The van der Waals surface area contributed by atoms with Gasteiger partial charge in [-0.05, 0) is 46.2 Å². The maximum Gasteiger partial charge on any atom is 0.234 e. The average molecular weight is 320 g/mol. The maximum atomic E-state index is 12.2. The highest BCUT2D eigenvalue weighted by molar-refractivity contribution is 5.78. The maximum absolute atomic E-state index is 12.2. The topological polar surface area (TPSA) is 50.8 Å². The zero-order chi connectivity index (χ0) is 17.0. The number of rotatable bonds is 5. The van der Waals surface area contributed by atoms with E-state index in [2.05, 4.69) is 10.2 Å². The lowest BCUT2D eigenvalue weighted by atomic mass is 10.0. The van der Waals surface area contributed by atoms with Crippen LogP contribution in [0.2, 0.25) is 0 Å². The molecule has 1 unspecified atom stereocenters. The van der Waals surface area contributed by atoms with Crippen LogP contribution in [0.5, 0.6) is 11.5 Å². The van der Waals surface area contributed by atoms with Gasteiger partial charge in [-0.2, -0.15) is 0 Å². The minimum absolute atomic E-state index is 0.0666. The first-order valence-corrected chi connectivity index (χ1v) is 8.11. The smallest absolute Gasteiger partial charge is 0.234 e. The van der Waals surface area contributed by atoms with E-state index in [1.54, 1.807) is 14.2 Å². The van der Waals surface area contributed by atoms with Crippen molar-refractivity contribution in [3.05, 3.63) is 23.8 Å². The summed E-state index contributed by atoms with van der Waals surface area (Å²) in [7, 11) is 3.32. The van der Waals surface area contributed by atoms with E-state index in [0.29, 0.717) is 6.54 Å². The van der Waals surface area contributed by atoms with Crippen molar-refractivity contribution in [1.29, 1.82) is 0 Å². The van der Waals surface area contributed by atoms with E-state index in [1.165, 1.54) is 0 Å². The van der Waals surface area contributed by atoms with Gasteiger partial charge in [-0.15, -0.1) is 0 Å². The van der Waals surface area contributed by atoms with Crippen molar-refractivity contribution in [2.24, 2.45) is 0 Å². The third-order valence-electron chi connectivity index (χ3n) is 4.02. The second-order valence-electron chi connectivity index (χ2n) is 7.03. The van der Waals surface area contributed by atoms with E-state index in [4.69, 9.17) is 9.47 Å². The number of likely N-dealkylation sites (tertiary alicyclic amines) is 1. The first-order valence-electron chi connectivity index (χ1n) is 8.11. The van der Waals surface area contributed by atoms with Crippen LogP contribution >= 0.6 is 0 Å². The van der Waals surface area contributed by atoms with Crippen LogP contribution in [0.1, 0.15) is 45.2 Å². The zero-order valence-electron chi connectivity index (χ0n) is 14.8. The molecule has 2 rings (SSSR count). The number of nitrogens with one attached hydrogen (secondary N) is 1. The molecule has 1 aromatic carbocycles. The van der Waals surface area contributed by atoms with Crippen molar-refractivity contribution < 1.29 is 14.3 Å². The standard InChI is InChI=1S/C18H28N2O3/c1-18(2,3)19-17(21)12-20-10-6-7-15(20)14-9-8-13(22-4)11-16(14)23-5/h8-9,11,15H,6-7,10,12H2,1-5H3,(H,19,21). The highest BCUT2D eigenvalue weighted by atomic mass is 16.5. The molecule has 5 heteroatoms. The number of nitrogens with zero attached hydrogens (tertiary/aromatic N) is 1. The molecule has 0 radical (unpaired) electrons. The SMILES string of the molecule is COc1ccc(C2CCCN2CC(=O)NC(C)(C)C)c(OC)c1. The van der Waals surface area contributed by atoms with Gasteiger partial charge in [0, 0.05) is 23.2 Å². The van der Waals surface area contributed by atoms with Crippen LogP contribution in [0, 0.1) is 0 Å². The molecule has 5 nitrogen and oxygen atoms in total. The highest BCUT2D eigenvalue weighted by Gasteiger charge is 2.30. The molecule has 0 aromatic heterocycles. The van der Waals surface area contributed by atoms with E-state index >= 15 is 0 Å². The van der Waals surface area contributed by atoms with Crippen LogP contribution in [0.25, 0.3) is 0 Å². The summed E-state index contributed by atoms with van der Waals surface area (Å²) >= 11 is 0. The van der Waals surface area contributed by atoms with Crippen molar-refractivity contribution in [2.45, 2.75) is 45.2 Å². The molecule has 1 saturated heterocycles. The zero-order valence-corrected chi connectivity index (χ0v) is 14.8. The molecule has 128 valence electrons. The van der Waals surface area contributed by atoms with E-state index in [-0.39, 0.29) is 17.5 Å². The first-order chi connectivity index (χ1) is 10.8. The molecule has 0 spiro atoms. The minimum Gasteiger partial charge on any atom is -0.497 e. The second kappa shape index (κ2) is 7.21. The van der Waals surface area contributed by atoms with Crippen molar-refractivity contribution in [3.63, 3.8) is 0 Å². The molecule has 1 atom stereocenters. The van der Waals surface area contributed by atoms with Crippen molar-refractivity contribution in [2.75, 3.05) is 27.3 Å². The summed E-state index contributed by atoms with van der Waals surface area (Å²) in [5.41, 5.74) is 0.916. The number of carbonyl (C=O) groups excluding carboxylic acids is 1. The predicted molar refractivity (Wildman–Crippen MR) is 91.0 cm³/mol. The van der Waals surface area contributed by atoms with Gasteiger partial charge in [-0.25, -0.2) is 0 Å². The number of methoxy groups -OCH3 is 2. The highest BCUT2D eigenvalue weighted by Crippen LogP contribution is 2.38. The van der Waals surface area contributed by atoms with Gasteiger partial charge in [0.1, 0.15) is 11.5 Å². The number of ether oxygens (including phenoxy) is 2. The van der Waals surface area contributed by atoms with Gasteiger partial charge in [-0.1, -0.05) is 6.07 Å². The average Bonchev–Trinajstić information content (AvgIpc) is 2.92. The Labute approximate surface area is 139 Å². The van der Waals surface area contributed by atoms with Crippen LogP contribution in [0.4, 0.5) is 0 Å². The van der Waals surface area contributed by atoms with Gasteiger partial charge < -0.3 is 14.8 Å². The van der Waals surface area contributed by atoms with Crippen LogP contribution in [0.15, 0.2) is 18.2 Å². The van der Waals surface area contributed by atoms with Crippen LogP contribution in [-0.4, -0.2) is 43.7 Å². The summed E-state index contributed by atoms with van der Waals surface area (Å²) in [5, 5.41) is 3.03. The Morgan fingerprint density at radius 2 is 2.04 bits per heavy atom. The van der Waals surface area contributed by atoms with Gasteiger partial charge in [0.2, 0.25) is 5.91 Å². The van der Waals surface area contributed by atoms with Gasteiger partial charge in [0.05, 0.1) is 20.8 Å². The van der Waals surface area contributed by atoms with Crippen LogP contribution in [0.3, 0.4) is 0 Å². The molecule has 0 bridgehead atoms. The Bertz CT molecular complexity index is 552. The molecule has 23 heavy (non-hydrogen) atoms. The largest absolute Gasteiger partial charge is 0.497 e. The Morgan fingerprint density at radius 3 is 2.65 bits per heavy atom. The molecule has 1 heterocycles. The first kappa shape index (κ1) is 17.6. The molecule has 1 aliphatic rings. The van der Waals surface area contributed by atoms with Gasteiger partial charge in [0.15, 0.2) is 0 Å². The fourth-order valence-corrected chi connectivity index (χ4v) is 3.10. The molecule has 1 fully saturated rings. The summed E-state index contributed by atoms with van der Waals surface area (Å²) < 4.78 is 10.8. The summed E-state index contributed by atoms with van der Waals surface area (Å²) in [4.78, 5) is 14.5. The fraction of sp³-hybridized carbons (Fsp3) is 0.611. The normalized spacial score (nSPS) is 18.7. The molecule has 1 aromatic rings. The number of benzene rings is 1. The van der Waals surface area contributed by atoms with Crippen molar-refractivity contribution in [1.82, 2.24) is 10.2 Å². The van der Waals surface area contributed by atoms with E-state index in [0.717, 1.165) is 36.4 Å². The Morgan fingerprint density at radius 1 is 1.30 bits per heavy atom. The lowest BCUT2D eigenvalue weighted by Gasteiger charge is -2.28. The number of carbonyl (C=O) groups is 1. The third kappa shape index (κ3) is 4.61. The summed E-state index contributed by atoms with van der Waals surface area (Å²) in [6.07, 6.45) is 2.12. The Kier molecular flexibility index (Phi) is 5.52. The molecule has 1 aliphatic heterocycles. The number of hydrogen-bond acceptors (Lipinski definition) is 4. The molecule has 1 amide bonds. The second-order valence-corrected chi connectivity index (χ2v) is 7.03. The molecule has 1 N–H and O–H groups in total. The van der Waals surface area contributed by atoms with Gasteiger partial charge >= 0.3 is 0 Å². The molecular formula is C18H28N2O3. The van der Waals surface area contributed by atoms with Crippen LogP contribution in [-0.2, 0) is 4.79 Å². The summed E-state index contributed by atoms with van der Waals surface area (Å²) in [6.45, 7) is 7.34. The van der Waals surface area contributed by atoms with Crippen molar-refractivity contribution >= 4 is 5.91 Å². The predicted octanol–water partition coefficient (Wildman–Crippen LogP) is 2.76. The van der Waals surface area contributed by atoms with E-state index < -0.39 is 0 Å². The summed E-state index contributed by atoms with van der Waals surface area (Å²) in [5.74, 6) is 1.66. The van der Waals surface area contributed by atoms with Crippen molar-refractivity contribution in [3.8, 4) is 11.5 Å². The van der Waals surface area contributed by atoms with Gasteiger partial charge in [0.25, 0.3) is 0 Å². The van der Waals surface area contributed by atoms with E-state index in [1.807, 2.05) is 39.0 Å². The Balaban J connectivity index is 2.14. The van der Waals surface area contributed by atoms with E-state index in [9.17, 15) is 4.79 Å². The Hall–Kier alpha value is -1.75. The molecular weight excluding hydrogens is 292 g/mol. The lowest BCUT2D eigenvalue weighted by molar-refractivity contribution is -0.123. The number of hydrogen-bond donors (Lipinski definition) is 1. The lowest BCUT2D eigenvalue weighted by Crippen LogP contribution is -2.45. The third-order valence-corrected chi connectivity index (χ3v) is 4.02. The monoisotopic (exact) mass is 320 g/mol. The molecule has 0 saturated carbocycles. The number of amides is 1. The fourth-order valence-electron chi connectivity index (χ4n) is 3.10. The van der Waals surface area contributed by atoms with Gasteiger partial charge in [-0.3, -0.25) is 9.69 Å². The quantitative estimate of drug-likeness (QED) is 0.906. The van der Waals surface area contributed by atoms with Crippen LogP contribution < -0.4 is 14.8 Å². The minimum atomic E-state index is -0.204. The summed E-state index contributed by atoms with van der Waals surface area (Å²) in [6, 6.07) is 6.11. The molecule has 0 aliphatic carbocycles.